The van der Waals surface area contributed by atoms with Gasteiger partial charge >= 0.3 is 0 Å². The Morgan fingerprint density at radius 3 is 2.96 bits per heavy atom. The number of hydrogen-bond acceptors (Lipinski definition) is 5. The van der Waals surface area contributed by atoms with Crippen LogP contribution in [0, 0.1) is 0 Å². The summed E-state index contributed by atoms with van der Waals surface area (Å²) in [7, 11) is 1.55. The number of nitrogens with zero attached hydrogens (tertiary/aromatic N) is 1. The first-order valence-electron chi connectivity index (χ1n) is 9.85. The Hall–Kier alpha value is -2.44. The summed E-state index contributed by atoms with van der Waals surface area (Å²) in [6.07, 6.45) is 3.63. The molecule has 1 aliphatic heterocycles. The summed E-state index contributed by atoms with van der Waals surface area (Å²) in [4.78, 5) is 17.5. The van der Waals surface area contributed by atoms with Gasteiger partial charge in [0.25, 0.3) is 5.91 Å². The highest BCUT2D eigenvalue weighted by Crippen LogP contribution is 2.27. The first-order chi connectivity index (χ1) is 13.7. The number of nitrogens with one attached hydrogen (secondary N) is 1. The number of ether oxygens (including phenoxy) is 3. The molecular weight excluding hydrogens is 356 g/mol. The molecule has 6 nitrogen and oxygen atoms in total. The van der Waals surface area contributed by atoms with E-state index >= 15 is 0 Å². The second-order valence-corrected chi connectivity index (χ2v) is 7.28. The molecule has 4 rings (SSSR count). The Balaban J connectivity index is 1.45. The van der Waals surface area contributed by atoms with Gasteiger partial charge in [-0.05, 0) is 42.9 Å². The van der Waals surface area contributed by atoms with Crippen LogP contribution in [0.25, 0.3) is 0 Å². The van der Waals surface area contributed by atoms with Gasteiger partial charge in [-0.1, -0.05) is 30.3 Å². The minimum Gasteiger partial charge on any atom is -0.480 e. The van der Waals surface area contributed by atoms with Crippen LogP contribution in [0.15, 0.2) is 36.4 Å². The van der Waals surface area contributed by atoms with E-state index in [0.717, 1.165) is 42.5 Å². The van der Waals surface area contributed by atoms with Gasteiger partial charge in [0.2, 0.25) is 5.88 Å². The molecule has 0 saturated carbocycles. The van der Waals surface area contributed by atoms with Crippen molar-refractivity contribution in [1.82, 2.24) is 10.3 Å². The average molecular weight is 382 g/mol. The fraction of sp³-hybridized carbons (Fsp3) is 0.455. The van der Waals surface area contributed by atoms with Crippen LogP contribution >= 0.6 is 0 Å². The number of fused-ring (bicyclic) bond motifs is 1. The van der Waals surface area contributed by atoms with E-state index in [1.54, 1.807) is 7.11 Å². The molecule has 0 unspecified atom stereocenters. The quantitative estimate of drug-likeness (QED) is 0.832. The second kappa shape index (κ2) is 8.71. The van der Waals surface area contributed by atoms with Crippen LogP contribution in [-0.4, -0.2) is 43.4 Å². The number of benzene rings is 1. The van der Waals surface area contributed by atoms with Gasteiger partial charge in [-0.25, -0.2) is 4.98 Å². The number of amides is 1. The summed E-state index contributed by atoms with van der Waals surface area (Å²) < 4.78 is 17.1. The van der Waals surface area contributed by atoms with Crippen LogP contribution in [0.3, 0.4) is 0 Å². The minimum atomic E-state index is -0.206. The number of aryl methyl sites for hydroxylation is 2. The Morgan fingerprint density at radius 2 is 2.14 bits per heavy atom. The fourth-order valence-electron chi connectivity index (χ4n) is 3.85. The van der Waals surface area contributed by atoms with Crippen LogP contribution in [0.4, 0.5) is 0 Å². The zero-order valence-corrected chi connectivity index (χ0v) is 16.1. The molecule has 28 heavy (non-hydrogen) atoms. The maximum Gasteiger partial charge on any atom is 0.257 e. The van der Waals surface area contributed by atoms with Crippen molar-refractivity contribution in [3.8, 4) is 5.88 Å². The van der Waals surface area contributed by atoms with E-state index < -0.39 is 0 Å². The Bertz CT molecular complexity index is 825. The summed E-state index contributed by atoms with van der Waals surface area (Å²) in [5.41, 5.74) is 3.78. The smallest absolute Gasteiger partial charge is 0.257 e. The van der Waals surface area contributed by atoms with Crippen LogP contribution in [-0.2, 0) is 28.9 Å². The lowest BCUT2D eigenvalue weighted by molar-refractivity contribution is -0.0605. The minimum absolute atomic E-state index is 0.0914. The van der Waals surface area contributed by atoms with Crippen molar-refractivity contribution >= 4 is 5.91 Å². The van der Waals surface area contributed by atoms with Gasteiger partial charge in [-0.2, -0.15) is 0 Å². The maximum absolute atomic E-state index is 13.0. The molecule has 2 atom stereocenters. The molecule has 1 aromatic carbocycles. The third-order valence-corrected chi connectivity index (χ3v) is 5.37. The summed E-state index contributed by atoms with van der Waals surface area (Å²) in [5.74, 6) is 0.194. The molecule has 0 bridgehead atoms. The van der Waals surface area contributed by atoms with Crippen molar-refractivity contribution in [3.63, 3.8) is 0 Å². The highest BCUT2D eigenvalue weighted by atomic mass is 16.5. The molecule has 2 heterocycles. The Morgan fingerprint density at radius 1 is 1.29 bits per heavy atom. The van der Waals surface area contributed by atoms with Crippen LogP contribution in [0.2, 0.25) is 0 Å². The van der Waals surface area contributed by atoms with E-state index in [9.17, 15) is 4.79 Å². The molecule has 1 amide bonds. The van der Waals surface area contributed by atoms with Crippen LogP contribution in [0.1, 0.15) is 40.0 Å². The first-order valence-corrected chi connectivity index (χ1v) is 9.85. The molecule has 0 spiro atoms. The van der Waals surface area contributed by atoms with Crippen LogP contribution in [0.5, 0.6) is 5.88 Å². The normalized spacial score (nSPS) is 21.2. The molecule has 1 aromatic heterocycles. The molecule has 1 N–H and O–H groups in total. The van der Waals surface area contributed by atoms with Crippen molar-refractivity contribution in [2.24, 2.45) is 0 Å². The maximum atomic E-state index is 13.0. The second-order valence-electron chi connectivity index (χ2n) is 7.28. The number of carbonyl (C=O) groups excluding carboxylic acids is 1. The molecular formula is C22H26N2O4. The third-order valence-electron chi connectivity index (χ3n) is 5.37. The van der Waals surface area contributed by atoms with Crippen LogP contribution < -0.4 is 10.1 Å². The largest absolute Gasteiger partial charge is 0.480 e. The van der Waals surface area contributed by atoms with Gasteiger partial charge in [0.15, 0.2) is 0 Å². The van der Waals surface area contributed by atoms with E-state index in [2.05, 4.69) is 10.3 Å². The molecule has 6 heteroatoms. The van der Waals surface area contributed by atoms with Crippen molar-refractivity contribution in [3.05, 3.63) is 58.8 Å². The summed E-state index contributed by atoms with van der Waals surface area (Å²) >= 11 is 0. The van der Waals surface area contributed by atoms with Gasteiger partial charge in [0, 0.05) is 12.3 Å². The molecule has 1 aliphatic carbocycles. The number of rotatable bonds is 6. The highest BCUT2D eigenvalue weighted by Gasteiger charge is 2.30. The highest BCUT2D eigenvalue weighted by molar-refractivity contribution is 5.97. The van der Waals surface area contributed by atoms with E-state index in [1.807, 2.05) is 36.4 Å². The SMILES string of the molecule is COc1nc2c(cc1C(=O)N[C@@H]1COCC[C@@H]1OCc1ccccc1)CCC2. The predicted octanol–water partition coefficient (Wildman–Crippen LogP) is 2.68. The summed E-state index contributed by atoms with van der Waals surface area (Å²) in [6.45, 7) is 1.59. The molecule has 2 aliphatic rings. The Labute approximate surface area is 165 Å². The number of hydrogen-bond donors (Lipinski definition) is 1. The first kappa shape index (κ1) is 18.9. The monoisotopic (exact) mass is 382 g/mol. The van der Waals surface area contributed by atoms with Gasteiger partial charge in [-0.3, -0.25) is 4.79 Å². The van der Waals surface area contributed by atoms with E-state index in [0.29, 0.717) is 31.3 Å². The zero-order chi connectivity index (χ0) is 19.3. The van der Waals surface area contributed by atoms with Gasteiger partial charge in [0.1, 0.15) is 5.56 Å². The zero-order valence-electron chi connectivity index (χ0n) is 16.1. The lowest BCUT2D eigenvalue weighted by Crippen LogP contribution is -2.50. The molecule has 1 saturated heterocycles. The average Bonchev–Trinajstić information content (AvgIpc) is 3.20. The lowest BCUT2D eigenvalue weighted by Gasteiger charge is -2.32. The van der Waals surface area contributed by atoms with Crippen molar-refractivity contribution in [1.29, 1.82) is 0 Å². The van der Waals surface area contributed by atoms with Gasteiger partial charge in [-0.15, -0.1) is 0 Å². The summed E-state index contributed by atoms with van der Waals surface area (Å²) in [5, 5.41) is 3.08. The molecule has 148 valence electrons. The van der Waals surface area contributed by atoms with Crippen molar-refractivity contribution in [2.75, 3.05) is 20.3 Å². The molecule has 0 radical (unpaired) electrons. The van der Waals surface area contributed by atoms with Crippen molar-refractivity contribution in [2.45, 2.75) is 44.4 Å². The molecule has 1 fully saturated rings. The van der Waals surface area contributed by atoms with Crippen molar-refractivity contribution < 1.29 is 19.0 Å². The standard InChI is InChI=1S/C22H26N2O4/c1-26-22-17(12-16-8-5-9-18(16)24-22)21(25)23-19-14-27-11-10-20(19)28-13-15-6-3-2-4-7-15/h2-4,6-7,12,19-20H,5,8-11,13-14H2,1H3,(H,23,25)/t19-,20+/m1/s1. The third kappa shape index (κ3) is 4.18. The summed E-state index contributed by atoms with van der Waals surface area (Å²) in [6, 6.07) is 11.8. The van der Waals surface area contributed by atoms with E-state index in [4.69, 9.17) is 14.2 Å². The lowest BCUT2D eigenvalue weighted by atomic mass is 10.0. The predicted molar refractivity (Wildman–Crippen MR) is 105 cm³/mol. The van der Waals surface area contributed by atoms with Gasteiger partial charge < -0.3 is 19.5 Å². The topological polar surface area (TPSA) is 69.7 Å². The molecule has 2 aromatic rings. The number of methoxy groups -OCH3 is 1. The fourth-order valence-corrected chi connectivity index (χ4v) is 3.85. The number of pyridine rings is 1. The number of aromatic nitrogens is 1. The number of carbonyl (C=O) groups is 1. The van der Waals surface area contributed by atoms with E-state index in [1.165, 1.54) is 0 Å². The van der Waals surface area contributed by atoms with Gasteiger partial charge in [0.05, 0.1) is 32.5 Å². The Kier molecular flexibility index (Phi) is 5.88. The van der Waals surface area contributed by atoms with E-state index in [-0.39, 0.29) is 18.1 Å².